The summed E-state index contributed by atoms with van der Waals surface area (Å²) in [7, 11) is 0. The SMILES string of the molecule is CCOC(=O)C(C(=O)OCC)[C@@H]1CCCCC(=O)C1. The molecule has 19 heavy (non-hydrogen) atoms. The predicted molar refractivity (Wildman–Crippen MR) is 68.3 cm³/mol. The van der Waals surface area contributed by atoms with Crippen LogP contribution in [-0.4, -0.2) is 30.9 Å². The fourth-order valence-electron chi connectivity index (χ4n) is 2.45. The maximum atomic E-state index is 11.9. The van der Waals surface area contributed by atoms with Gasteiger partial charge >= 0.3 is 11.9 Å². The first-order valence-corrected chi connectivity index (χ1v) is 6.95. The fourth-order valence-corrected chi connectivity index (χ4v) is 2.45. The van der Waals surface area contributed by atoms with Crippen LogP contribution in [0.3, 0.4) is 0 Å². The van der Waals surface area contributed by atoms with Crippen molar-refractivity contribution in [3.05, 3.63) is 0 Å². The minimum absolute atomic E-state index is 0.112. The van der Waals surface area contributed by atoms with Gasteiger partial charge in [-0.1, -0.05) is 6.42 Å². The summed E-state index contributed by atoms with van der Waals surface area (Å²) in [6.07, 6.45) is 3.17. The normalized spacial score (nSPS) is 19.9. The van der Waals surface area contributed by atoms with E-state index in [1.165, 1.54) is 0 Å². The average Bonchev–Trinajstić information content (AvgIpc) is 2.55. The van der Waals surface area contributed by atoms with Gasteiger partial charge in [-0.3, -0.25) is 14.4 Å². The standard InChI is InChI=1S/C14H22O5/c1-3-18-13(16)12(14(17)19-4-2)10-7-5-6-8-11(15)9-10/h10,12H,3-9H2,1-2H3/t10-/m1/s1. The van der Waals surface area contributed by atoms with Crippen molar-refractivity contribution in [1.82, 2.24) is 0 Å². The third kappa shape index (κ3) is 4.65. The first-order valence-electron chi connectivity index (χ1n) is 6.95. The van der Waals surface area contributed by atoms with Crippen LogP contribution in [0.25, 0.3) is 0 Å². The second kappa shape index (κ2) is 7.92. The summed E-state index contributed by atoms with van der Waals surface area (Å²) in [4.78, 5) is 35.5. The number of carbonyl (C=O) groups is 3. The van der Waals surface area contributed by atoms with Gasteiger partial charge in [-0.05, 0) is 32.6 Å². The molecule has 1 rings (SSSR count). The topological polar surface area (TPSA) is 69.7 Å². The maximum absolute atomic E-state index is 11.9. The summed E-state index contributed by atoms with van der Waals surface area (Å²) in [6, 6.07) is 0. The van der Waals surface area contributed by atoms with Gasteiger partial charge in [0.1, 0.15) is 5.78 Å². The Morgan fingerprint density at radius 3 is 2.26 bits per heavy atom. The van der Waals surface area contributed by atoms with Crippen molar-refractivity contribution in [2.75, 3.05) is 13.2 Å². The van der Waals surface area contributed by atoms with E-state index in [0.717, 1.165) is 12.8 Å². The fraction of sp³-hybridized carbons (Fsp3) is 0.786. The quantitative estimate of drug-likeness (QED) is 0.433. The second-order valence-electron chi connectivity index (χ2n) is 4.73. The molecular formula is C14H22O5. The molecule has 0 spiro atoms. The van der Waals surface area contributed by atoms with Gasteiger partial charge in [0, 0.05) is 12.8 Å². The van der Waals surface area contributed by atoms with Crippen molar-refractivity contribution in [3.8, 4) is 0 Å². The second-order valence-corrected chi connectivity index (χ2v) is 4.73. The molecule has 1 aliphatic carbocycles. The number of esters is 2. The summed E-state index contributed by atoms with van der Waals surface area (Å²) in [6.45, 7) is 3.82. The molecule has 0 unspecified atom stereocenters. The molecule has 5 heteroatoms. The molecule has 0 amide bonds. The largest absolute Gasteiger partial charge is 0.465 e. The minimum Gasteiger partial charge on any atom is -0.465 e. The average molecular weight is 270 g/mol. The lowest BCUT2D eigenvalue weighted by molar-refractivity contribution is -0.164. The highest BCUT2D eigenvalue weighted by Gasteiger charge is 2.38. The molecule has 0 aromatic heterocycles. The van der Waals surface area contributed by atoms with E-state index >= 15 is 0 Å². The summed E-state index contributed by atoms with van der Waals surface area (Å²) >= 11 is 0. The molecule has 0 heterocycles. The van der Waals surface area contributed by atoms with E-state index in [1.807, 2.05) is 0 Å². The van der Waals surface area contributed by atoms with Crippen LogP contribution in [0.1, 0.15) is 46.0 Å². The highest BCUT2D eigenvalue weighted by Crippen LogP contribution is 2.29. The van der Waals surface area contributed by atoms with Crippen molar-refractivity contribution in [3.63, 3.8) is 0 Å². The Kier molecular flexibility index (Phi) is 6.53. The highest BCUT2D eigenvalue weighted by atomic mass is 16.6. The Hall–Kier alpha value is -1.39. The van der Waals surface area contributed by atoms with Gasteiger partial charge < -0.3 is 9.47 Å². The van der Waals surface area contributed by atoms with E-state index in [9.17, 15) is 14.4 Å². The predicted octanol–water partition coefficient (Wildman–Crippen LogP) is 1.88. The monoisotopic (exact) mass is 270 g/mol. The molecule has 0 radical (unpaired) electrons. The lowest BCUT2D eigenvalue weighted by Crippen LogP contribution is -2.35. The Balaban J connectivity index is 2.83. The van der Waals surface area contributed by atoms with E-state index in [1.54, 1.807) is 13.8 Å². The zero-order valence-electron chi connectivity index (χ0n) is 11.6. The molecule has 0 bridgehead atoms. The number of ketones is 1. The molecule has 0 aromatic carbocycles. The Morgan fingerprint density at radius 1 is 1.16 bits per heavy atom. The van der Waals surface area contributed by atoms with Gasteiger partial charge in [0.25, 0.3) is 0 Å². The van der Waals surface area contributed by atoms with Gasteiger partial charge in [-0.15, -0.1) is 0 Å². The van der Waals surface area contributed by atoms with Crippen LogP contribution in [0.4, 0.5) is 0 Å². The summed E-state index contributed by atoms with van der Waals surface area (Å²) in [5.41, 5.74) is 0. The van der Waals surface area contributed by atoms with Crippen molar-refractivity contribution in [1.29, 1.82) is 0 Å². The van der Waals surface area contributed by atoms with Crippen LogP contribution >= 0.6 is 0 Å². The Morgan fingerprint density at radius 2 is 1.74 bits per heavy atom. The van der Waals surface area contributed by atoms with Gasteiger partial charge in [0.15, 0.2) is 5.92 Å². The summed E-state index contributed by atoms with van der Waals surface area (Å²) in [5.74, 6) is -2.27. The molecule has 1 fully saturated rings. The summed E-state index contributed by atoms with van der Waals surface area (Å²) < 4.78 is 9.90. The molecule has 5 nitrogen and oxygen atoms in total. The molecule has 1 saturated carbocycles. The zero-order valence-corrected chi connectivity index (χ0v) is 11.6. The lowest BCUT2D eigenvalue weighted by atomic mass is 9.86. The van der Waals surface area contributed by atoms with E-state index in [0.29, 0.717) is 12.8 Å². The van der Waals surface area contributed by atoms with Crippen molar-refractivity contribution in [2.45, 2.75) is 46.0 Å². The third-order valence-electron chi connectivity index (χ3n) is 3.32. The zero-order chi connectivity index (χ0) is 14.3. The van der Waals surface area contributed by atoms with Crippen LogP contribution < -0.4 is 0 Å². The molecule has 1 aliphatic rings. The van der Waals surface area contributed by atoms with Gasteiger partial charge in [0.05, 0.1) is 13.2 Å². The first kappa shape index (κ1) is 15.7. The molecule has 0 aromatic rings. The smallest absolute Gasteiger partial charge is 0.320 e. The van der Waals surface area contributed by atoms with Gasteiger partial charge in [-0.2, -0.15) is 0 Å². The van der Waals surface area contributed by atoms with Crippen molar-refractivity contribution >= 4 is 17.7 Å². The van der Waals surface area contributed by atoms with Crippen molar-refractivity contribution in [2.24, 2.45) is 11.8 Å². The van der Waals surface area contributed by atoms with E-state index < -0.39 is 17.9 Å². The summed E-state index contributed by atoms with van der Waals surface area (Å²) in [5, 5.41) is 0. The molecular weight excluding hydrogens is 248 g/mol. The molecule has 1 atom stereocenters. The number of rotatable bonds is 5. The molecule has 0 aliphatic heterocycles. The molecule has 0 N–H and O–H groups in total. The maximum Gasteiger partial charge on any atom is 0.320 e. The number of ether oxygens (including phenoxy) is 2. The highest BCUT2D eigenvalue weighted by molar-refractivity contribution is 5.96. The van der Waals surface area contributed by atoms with Crippen molar-refractivity contribution < 1.29 is 23.9 Å². The van der Waals surface area contributed by atoms with E-state index in [2.05, 4.69) is 0 Å². The van der Waals surface area contributed by atoms with Crippen LogP contribution in [0.15, 0.2) is 0 Å². The number of Topliss-reactive ketones (excluding diaryl/α,β-unsaturated/α-hetero) is 1. The van der Waals surface area contributed by atoms with Gasteiger partial charge in [0.2, 0.25) is 0 Å². The van der Waals surface area contributed by atoms with Crippen LogP contribution in [0.2, 0.25) is 0 Å². The number of carbonyl (C=O) groups excluding carboxylic acids is 3. The Labute approximate surface area is 113 Å². The number of hydrogen-bond donors (Lipinski definition) is 0. The molecule has 108 valence electrons. The van der Waals surface area contributed by atoms with Crippen LogP contribution in [-0.2, 0) is 23.9 Å². The van der Waals surface area contributed by atoms with Crippen LogP contribution in [0, 0.1) is 11.8 Å². The third-order valence-corrected chi connectivity index (χ3v) is 3.32. The van der Waals surface area contributed by atoms with Gasteiger partial charge in [-0.25, -0.2) is 0 Å². The number of hydrogen-bond acceptors (Lipinski definition) is 5. The minimum atomic E-state index is -0.957. The van der Waals surface area contributed by atoms with E-state index in [4.69, 9.17) is 9.47 Å². The Bertz CT molecular complexity index is 319. The molecule has 0 saturated heterocycles. The first-order chi connectivity index (χ1) is 9.10. The lowest BCUT2D eigenvalue weighted by Gasteiger charge is -2.22. The van der Waals surface area contributed by atoms with E-state index in [-0.39, 0.29) is 31.3 Å². The van der Waals surface area contributed by atoms with Crippen LogP contribution in [0.5, 0.6) is 0 Å².